The third kappa shape index (κ3) is 4.46. The number of aliphatic hydroxyl groups excluding tert-OH is 1. The van der Waals surface area contributed by atoms with Gasteiger partial charge in [0.25, 0.3) is 5.91 Å². The lowest BCUT2D eigenvalue weighted by molar-refractivity contribution is -0.154. The van der Waals surface area contributed by atoms with Gasteiger partial charge in [-0.1, -0.05) is 22.0 Å². The molecule has 1 aromatic rings. The maximum atomic E-state index is 14.3. The molecule has 3 aliphatic heterocycles. The molecule has 0 radical (unpaired) electrons. The molecule has 3 aliphatic rings. The SMILES string of the molecule is C=CCN(C(=O)[C@H]1N(CCO)C(=O)[C@@H]2[C@@H](C(=O)OCC)[C@@H]3O[C@@]21CC3Br)c1ccc(N(CC)CC)cc1. The number of carbonyl (C=O) groups excluding carboxylic acids is 3. The van der Waals surface area contributed by atoms with Gasteiger partial charge in [-0.05, 0) is 51.5 Å². The number of hydrogen-bond donors (Lipinski definition) is 1. The molecule has 2 bridgehead atoms. The van der Waals surface area contributed by atoms with Crippen LogP contribution < -0.4 is 9.80 Å². The van der Waals surface area contributed by atoms with Crippen molar-refractivity contribution in [3.8, 4) is 0 Å². The van der Waals surface area contributed by atoms with Crippen molar-refractivity contribution in [2.45, 2.75) is 49.8 Å². The zero-order valence-corrected chi connectivity index (χ0v) is 23.2. The van der Waals surface area contributed by atoms with E-state index in [-0.39, 0.29) is 42.9 Å². The van der Waals surface area contributed by atoms with Crippen molar-refractivity contribution in [3.63, 3.8) is 0 Å². The molecule has 6 atom stereocenters. The number of β-amino-alcohol motifs (C(OH)–C–C–N with tert-alkyl or cyclic N) is 1. The molecule has 3 heterocycles. The number of rotatable bonds is 11. The fraction of sp³-hybridized carbons (Fsp3) is 0.593. The monoisotopic (exact) mass is 577 g/mol. The van der Waals surface area contributed by atoms with Crippen LogP contribution in [0, 0.1) is 11.8 Å². The van der Waals surface area contributed by atoms with E-state index in [1.165, 1.54) is 4.90 Å². The second kappa shape index (κ2) is 11.1. The highest BCUT2D eigenvalue weighted by molar-refractivity contribution is 9.09. The van der Waals surface area contributed by atoms with Crippen molar-refractivity contribution in [3.05, 3.63) is 36.9 Å². The molecule has 0 aromatic heterocycles. The summed E-state index contributed by atoms with van der Waals surface area (Å²) in [6, 6.07) is 6.73. The van der Waals surface area contributed by atoms with Crippen LogP contribution >= 0.6 is 15.9 Å². The minimum absolute atomic E-state index is 0.0349. The smallest absolute Gasteiger partial charge is 0.312 e. The van der Waals surface area contributed by atoms with Crippen molar-refractivity contribution in [1.82, 2.24) is 4.90 Å². The normalized spacial score (nSPS) is 29.8. The van der Waals surface area contributed by atoms with Gasteiger partial charge in [0.2, 0.25) is 5.91 Å². The number of aliphatic hydroxyl groups is 1. The molecule has 0 aliphatic carbocycles. The summed E-state index contributed by atoms with van der Waals surface area (Å²) in [5.74, 6) is -2.84. The molecule has 2 amide bonds. The van der Waals surface area contributed by atoms with Gasteiger partial charge in [0.05, 0.1) is 31.2 Å². The van der Waals surface area contributed by atoms with E-state index in [1.54, 1.807) is 17.9 Å². The van der Waals surface area contributed by atoms with Crippen LogP contribution in [0.1, 0.15) is 27.2 Å². The lowest BCUT2D eigenvalue weighted by Gasteiger charge is -2.37. The van der Waals surface area contributed by atoms with Gasteiger partial charge in [-0.3, -0.25) is 14.4 Å². The van der Waals surface area contributed by atoms with E-state index < -0.39 is 35.6 Å². The van der Waals surface area contributed by atoms with Gasteiger partial charge >= 0.3 is 5.97 Å². The van der Waals surface area contributed by atoms with Crippen LogP contribution in [-0.4, -0.2) is 89.8 Å². The summed E-state index contributed by atoms with van der Waals surface area (Å²) in [7, 11) is 0. The van der Waals surface area contributed by atoms with Gasteiger partial charge in [-0.15, -0.1) is 6.58 Å². The summed E-state index contributed by atoms with van der Waals surface area (Å²) in [6.07, 6.45) is 1.46. The number of amides is 2. The molecule has 4 rings (SSSR count). The Bertz CT molecular complexity index is 1030. The highest BCUT2D eigenvalue weighted by Crippen LogP contribution is 2.60. The summed E-state index contributed by atoms with van der Waals surface area (Å²) < 4.78 is 11.7. The number of alkyl halides is 1. The van der Waals surface area contributed by atoms with E-state index in [2.05, 4.69) is 41.3 Å². The van der Waals surface area contributed by atoms with E-state index in [1.807, 2.05) is 24.3 Å². The van der Waals surface area contributed by atoms with Crippen molar-refractivity contribution >= 4 is 45.1 Å². The average Bonchev–Trinajstić information content (AvgIpc) is 3.47. The molecule has 37 heavy (non-hydrogen) atoms. The summed E-state index contributed by atoms with van der Waals surface area (Å²) in [5, 5.41) is 9.79. The zero-order chi connectivity index (χ0) is 26.9. The zero-order valence-electron chi connectivity index (χ0n) is 21.6. The van der Waals surface area contributed by atoms with Crippen LogP contribution in [0.5, 0.6) is 0 Å². The Labute approximate surface area is 226 Å². The standard InChI is InChI=1S/C27H36BrN3O6/c1-5-13-30(18-11-9-17(10-12-18)29(6-2)7-3)25(34)23-27-16-19(28)22(37-27)20(26(35)36-8-4)21(27)24(33)31(23)14-15-32/h5,9-12,19-23,32H,1,6-8,13-16H2,2-4H3/t19?,20-,21+,22-,23-,27+/m1/s1. The molecule has 1 unspecified atom stereocenters. The Kier molecular flexibility index (Phi) is 8.30. The number of anilines is 2. The van der Waals surface area contributed by atoms with Crippen LogP contribution in [-0.2, 0) is 23.9 Å². The topological polar surface area (TPSA) is 99.6 Å². The number of halogens is 1. The summed E-state index contributed by atoms with van der Waals surface area (Å²) >= 11 is 3.63. The van der Waals surface area contributed by atoms with Crippen LogP contribution in [0.4, 0.5) is 11.4 Å². The highest BCUT2D eigenvalue weighted by atomic mass is 79.9. The fourth-order valence-electron chi connectivity index (χ4n) is 6.30. The molecule has 1 N–H and O–H groups in total. The Morgan fingerprint density at radius 3 is 2.46 bits per heavy atom. The lowest BCUT2D eigenvalue weighted by Crippen LogP contribution is -2.57. The van der Waals surface area contributed by atoms with Crippen molar-refractivity contribution in [1.29, 1.82) is 0 Å². The summed E-state index contributed by atoms with van der Waals surface area (Å²) in [6.45, 7) is 11.5. The predicted molar refractivity (Wildman–Crippen MR) is 144 cm³/mol. The first-order chi connectivity index (χ1) is 17.8. The summed E-state index contributed by atoms with van der Waals surface area (Å²) in [4.78, 5) is 46.0. The van der Waals surface area contributed by atoms with Gasteiger partial charge in [-0.2, -0.15) is 0 Å². The molecule has 202 valence electrons. The molecule has 10 heteroatoms. The minimum Gasteiger partial charge on any atom is -0.466 e. The number of carbonyl (C=O) groups is 3. The molecule has 1 aromatic carbocycles. The number of fused-ring (bicyclic) bond motifs is 1. The van der Waals surface area contributed by atoms with E-state index in [0.717, 1.165) is 18.8 Å². The van der Waals surface area contributed by atoms with E-state index in [0.29, 0.717) is 12.1 Å². The molecule has 3 fully saturated rings. The van der Waals surface area contributed by atoms with E-state index in [9.17, 15) is 19.5 Å². The average molecular weight is 579 g/mol. The number of esters is 1. The Hall–Kier alpha value is -2.43. The predicted octanol–water partition coefficient (Wildman–Crippen LogP) is 2.36. The first-order valence-corrected chi connectivity index (χ1v) is 13.9. The lowest BCUT2D eigenvalue weighted by atomic mass is 9.70. The van der Waals surface area contributed by atoms with Crippen LogP contribution in [0.2, 0.25) is 0 Å². The highest BCUT2D eigenvalue weighted by Gasteiger charge is 2.77. The number of nitrogens with zero attached hydrogens (tertiary/aromatic N) is 3. The maximum Gasteiger partial charge on any atom is 0.312 e. The molecule has 9 nitrogen and oxygen atoms in total. The maximum absolute atomic E-state index is 14.3. The number of benzene rings is 1. The first-order valence-electron chi connectivity index (χ1n) is 13.0. The van der Waals surface area contributed by atoms with Gasteiger partial charge < -0.3 is 29.3 Å². The third-order valence-corrected chi connectivity index (χ3v) is 8.64. The Morgan fingerprint density at radius 2 is 1.89 bits per heavy atom. The van der Waals surface area contributed by atoms with Crippen molar-refractivity contribution < 1.29 is 29.0 Å². The van der Waals surface area contributed by atoms with Gasteiger partial charge in [0.1, 0.15) is 11.6 Å². The largest absolute Gasteiger partial charge is 0.466 e. The Balaban J connectivity index is 1.73. The van der Waals surface area contributed by atoms with Crippen LogP contribution in [0.3, 0.4) is 0 Å². The molecule has 0 saturated carbocycles. The van der Waals surface area contributed by atoms with Crippen molar-refractivity contribution in [2.75, 3.05) is 49.2 Å². The second-order valence-corrected chi connectivity index (χ2v) is 10.8. The van der Waals surface area contributed by atoms with Gasteiger partial charge in [0.15, 0.2) is 0 Å². The van der Waals surface area contributed by atoms with Crippen molar-refractivity contribution in [2.24, 2.45) is 11.8 Å². The first kappa shape index (κ1) is 27.6. The van der Waals surface area contributed by atoms with Crippen LogP contribution in [0.15, 0.2) is 36.9 Å². The minimum atomic E-state index is -1.19. The van der Waals surface area contributed by atoms with E-state index >= 15 is 0 Å². The quantitative estimate of drug-likeness (QED) is 0.245. The van der Waals surface area contributed by atoms with Gasteiger partial charge in [0, 0.05) is 42.4 Å². The Morgan fingerprint density at radius 1 is 1.24 bits per heavy atom. The van der Waals surface area contributed by atoms with E-state index in [4.69, 9.17) is 9.47 Å². The van der Waals surface area contributed by atoms with Crippen LogP contribution in [0.25, 0.3) is 0 Å². The molecule has 1 spiro atoms. The molecular formula is C27H36BrN3O6. The fourth-order valence-corrected chi connectivity index (χ4v) is 7.24. The van der Waals surface area contributed by atoms with Gasteiger partial charge in [-0.25, -0.2) is 0 Å². The summed E-state index contributed by atoms with van der Waals surface area (Å²) in [5.41, 5.74) is 0.524. The number of hydrogen-bond acceptors (Lipinski definition) is 7. The second-order valence-electron chi connectivity index (χ2n) is 9.60. The number of ether oxygens (including phenoxy) is 2. The third-order valence-electron chi connectivity index (χ3n) is 7.79. The molecular weight excluding hydrogens is 542 g/mol. The number of likely N-dealkylation sites (tertiary alicyclic amines) is 1. The molecule has 3 saturated heterocycles.